The van der Waals surface area contributed by atoms with E-state index in [9.17, 15) is 24.6 Å². The van der Waals surface area contributed by atoms with Crippen molar-refractivity contribution in [3.63, 3.8) is 0 Å². The number of ether oxygens (including phenoxy) is 1. The van der Waals surface area contributed by atoms with E-state index in [1.165, 1.54) is 14.0 Å². The lowest BCUT2D eigenvalue weighted by Gasteiger charge is -2.32. The topological polar surface area (TPSA) is 116 Å². The zero-order chi connectivity index (χ0) is 18.5. The standard InChI is InChI=1S/C15H28N2O6/c1-8(2)11(13(20)21)17(7)12(19)10(9(3)18)16-14(22)23-15(4,5)6/h8-11,18H,1-7H3,(H,16,22)(H,20,21)/t9-,10+,11+/m1/s1. The molecule has 0 aliphatic carbocycles. The van der Waals surface area contributed by atoms with Gasteiger partial charge in [-0.15, -0.1) is 0 Å². The van der Waals surface area contributed by atoms with E-state index in [-0.39, 0.29) is 5.92 Å². The third kappa shape index (κ3) is 6.85. The van der Waals surface area contributed by atoms with Crippen molar-refractivity contribution >= 4 is 18.0 Å². The number of alkyl carbamates (subject to hydrolysis) is 1. The predicted molar refractivity (Wildman–Crippen MR) is 83.9 cm³/mol. The molecule has 0 fully saturated rings. The van der Waals surface area contributed by atoms with Crippen LogP contribution in [0.5, 0.6) is 0 Å². The van der Waals surface area contributed by atoms with Crippen LogP contribution < -0.4 is 5.32 Å². The largest absolute Gasteiger partial charge is 0.480 e. The maximum Gasteiger partial charge on any atom is 0.408 e. The lowest BCUT2D eigenvalue weighted by molar-refractivity contribution is -0.152. The van der Waals surface area contributed by atoms with E-state index in [1.807, 2.05) is 0 Å². The monoisotopic (exact) mass is 332 g/mol. The Labute approximate surface area is 136 Å². The van der Waals surface area contributed by atoms with Gasteiger partial charge in [-0.3, -0.25) is 4.79 Å². The quantitative estimate of drug-likeness (QED) is 0.663. The van der Waals surface area contributed by atoms with Gasteiger partial charge >= 0.3 is 12.1 Å². The summed E-state index contributed by atoms with van der Waals surface area (Å²) in [7, 11) is 1.33. The molecule has 0 heterocycles. The van der Waals surface area contributed by atoms with Crippen molar-refractivity contribution in [2.24, 2.45) is 5.92 Å². The van der Waals surface area contributed by atoms with E-state index >= 15 is 0 Å². The minimum Gasteiger partial charge on any atom is -0.480 e. The molecule has 0 aliphatic heterocycles. The Balaban J connectivity index is 5.19. The van der Waals surface area contributed by atoms with Gasteiger partial charge in [0.05, 0.1) is 6.10 Å². The van der Waals surface area contributed by atoms with Crippen LogP contribution in [0.15, 0.2) is 0 Å². The predicted octanol–water partition coefficient (Wildman–Crippen LogP) is 0.828. The van der Waals surface area contributed by atoms with E-state index in [2.05, 4.69) is 5.32 Å². The minimum absolute atomic E-state index is 0.336. The number of hydrogen-bond acceptors (Lipinski definition) is 5. The van der Waals surface area contributed by atoms with Crippen LogP contribution in [0.3, 0.4) is 0 Å². The van der Waals surface area contributed by atoms with Crippen LogP contribution in [0.4, 0.5) is 4.79 Å². The van der Waals surface area contributed by atoms with Crippen LogP contribution in [0.2, 0.25) is 0 Å². The summed E-state index contributed by atoms with van der Waals surface area (Å²) in [6, 6.07) is -2.36. The van der Waals surface area contributed by atoms with Gasteiger partial charge in [0.25, 0.3) is 0 Å². The van der Waals surface area contributed by atoms with Crippen molar-refractivity contribution in [1.82, 2.24) is 10.2 Å². The molecular formula is C15H28N2O6. The number of nitrogens with one attached hydrogen (secondary N) is 1. The number of aliphatic hydroxyl groups excluding tert-OH is 1. The summed E-state index contributed by atoms with van der Waals surface area (Å²) in [6.07, 6.45) is -2.07. The van der Waals surface area contributed by atoms with Crippen LogP contribution in [-0.2, 0) is 14.3 Å². The molecule has 0 radical (unpaired) electrons. The number of carbonyl (C=O) groups excluding carboxylic acids is 2. The normalized spacial score (nSPS) is 15.5. The first-order valence-electron chi connectivity index (χ1n) is 7.45. The number of aliphatic carboxylic acids is 1. The summed E-state index contributed by atoms with van der Waals surface area (Å²) in [5.74, 6) is -2.19. The first kappa shape index (κ1) is 21.2. The summed E-state index contributed by atoms with van der Waals surface area (Å²) in [4.78, 5) is 36.6. The van der Waals surface area contributed by atoms with Gasteiger partial charge in [0.1, 0.15) is 17.7 Å². The number of carboxylic acids is 1. The molecule has 3 atom stereocenters. The second-order valence-electron chi connectivity index (χ2n) is 6.84. The molecule has 0 aliphatic rings. The first-order chi connectivity index (χ1) is 10.3. The average Bonchev–Trinajstić information content (AvgIpc) is 2.31. The van der Waals surface area contributed by atoms with Gasteiger partial charge in [0, 0.05) is 7.05 Å². The molecule has 23 heavy (non-hydrogen) atoms. The molecule has 0 aromatic carbocycles. The Hall–Kier alpha value is -1.83. The highest BCUT2D eigenvalue weighted by Gasteiger charge is 2.36. The zero-order valence-corrected chi connectivity index (χ0v) is 14.8. The number of carboxylic acid groups (broad SMARTS) is 1. The maximum absolute atomic E-state index is 12.5. The maximum atomic E-state index is 12.5. The van der Waals surface area contributed by atoms with Crippen LogP contribution in [0.1, 0.15) is 41.5 Å². The Morgan fingerprint density at radius 2 is 1.61 bits per heavy atom. The third-order valence-electron chi connectivity index (χ3n) is 3.07. The summed E-state index contributed by atoms with van der Waals surface area (Å²) < 4.78 is 5.06. The molecule has 0 aromatic rings. The van der Waals surface area contributed by atoms with Gasteiger partial charge in [-0.05, 0) is 33.6 Å². The van der Waals surface area contributed by atoms with E-state index in [1.54, 1.807) is 34.6 Å². The van der Waals surface area contributed by atoms with Gasteiger partial charge in [-0.1, -0.05) is 13.8 Å². The molecule has 3 N–H and O–H groups in total. The molecule has 0 unspecified atom stereocenters. The summed E-state index contributed by atoms with van der Waals surface area (Å²) in [5.41, 5.74) is -0.760. The van der Waals surface area contributed by atoms with Gasteiger partial charge < -0.3 is 25.2 Å². The molecule has 8 nitrogen and oxygen atoms in total. The summed E-state index contributed by atoms with van der Waals surface area (Å²) >= 11 is 0. The van der Waals surface area contributed by atoms with Crippen LogP contribution in [0.25, 0.3) is 0 Å². The lowest BCUT2D eigenvalue weighted by Crippen LogP contribution is -2.57. The van der Waals surface area contributed by atoms with E-state index in [0.717, 1.165) is 4.90 Å². The Kier molecular flexibility index (Phi) is 7.50. The average molecular weight is 332 g/mol. The number of hydrogen-bond donors (Lipinski definition) is 3. The molecule has 0 rings (SSSR count). The molecule has 0 bridgehead atoms. The fourth-order valence-electron chi connectivity index (χ4n) is 2.08. The van der Waals surface area contributed by atoms with Crippen molar-refractivity contribution in [3.05, 3.63) is 0 Å². The molecule has 0 saturated carbocycles. The smallest absolute Gasteiger partial charge is 0.408 e. The first-order valence-corrected chi connectivity index (χ1v) is 7.45. The van der Waals surface area contributed by atoms with Gasteiger partial charge in [0.2, 0.25) is 5.91 Å². The number of nitrogens with zero attached hydrogens (tertiary/aromatic N) is 1. The fourth-order valence-corrected chi connectivity index (χ4v) is 2.08. The van der Waals surface area contributed by atoms with Crippen molar-refractivity contribution in [2.75, 3.05) is 7.05 Å². The van der Waals surface area contributed by atoms with Crippen molar-refractivity contribution in [1.29, 1.82) is 0 Å². The third-order valence-corrected chi connectivity index (χ3v) is 3.07. The molecule has 0 aromatic heterocycles. The molecule has 0 spiro atoms. The van der Waals surface area contributed by atoms with Gasteiger partial charge in [-0.25, -0.2) is 9.59 Å². The molecule has 2 amide bonds. The van der Waals surface area contributed by atoms with Gasteiger partial charge in [0.15, 0.2) is 0 Å². The Bertz CT molecular complexity index is 442. The van der Waals surface area contributed by atoms with Crippen molar-refractivity contribution in [2.45, 2.75) is 65.3 Å². The van der Waals surface area contributed by atoms with E-state index in [4.69, 9.17) is 4.74 Å². The SMILES string of the molecule is CC(C)[C@@H](C(=O)O)N(C)C(=O)[C@@H](NC(=O)OC(C)(C)C)[C@@H](C)O. The number of carbonyl (C=O) groups is 3. The highest BCUT2D eigenvalue weighted by molar-refractivity contribution is 5.89. The number of likely N-dealkylation sites (N-methyl/N-ethyl adjacent to an activating group) is 1. The fraction of sp³-hybridized carbons (Fsp3) is 0.800. The second-order valence-corrected chi connectivity index (χ2v) is 6.84. The molecule has 8 heteroatoms. The van der Waals surface area contributed by atoms with Crippen LogP contribution in [0, 0.1) is 5.92 Å². The molecular weight excluding hydrogens is 304 g/mol. The summed E-state index contributed by atoms with van der Waals surface area (Å²) in [6.45, 7) is 9.66. The molecule has 0 saturated heterocycles. The second kappa shape index (κ2) is 8.14. The minimum atomic E-state index is -1.30. The lowest BCUT2D eigenvalue weighted by atomic mass is 10.0. The molecule has 134 valence electrons. The van der Waals surface area contributed by atoms with Crippen LogP contribution >= 0.6 is 0 Å². The van der Waals surface area contributed by atoms with Gasteiger partial charge in [-0.2, -0.15) is 0 Å². The van der Waals surface area contributed by atoms with E-state index in [0.29, 0.717) is 0 Å². The van der Waals surface area contributed by atoms with Crippen molar-refractivity contribution in [3.8, 4) is 0 Å². The van der Waals surface area contributed by atoms with Crippen LogP contribution in [-0.4, -0.2) is 63.9 Å². The van der Waals surface area contributed by atoms with Crippen molar-refractivity contribution < 1.29 is 29.3 Å². The Morgan fingerprint density at radius 1 is 1.13 bits per heavy atom. The Morgan fingerprint density at radius 3 is 1.91 bits per heavy atom. The number of aliphatic hydroxyl groups is 1. The number of rotatable bonds is 6. The van der Waals surface area contributed by atoms with E-state index < -0.39 is 41.8 Å². The number of amides is 2. The summed E-state index contributed by atoms with van der Waals surface area (Å²) in [5, 5.41) is 21.3. The highest BCUT2D eigenvalue weighted by Crippen LogP contribution is 2.13. The highest BCUT2D eigenvalue weighted by atomic mass is 16.6. The zero-order valence-electron chi connectivity index (χ0n) is 14.8.